The summed E-state index contributed by atoms with van der Waals surface area (Å²) in [5, 5.41) is 0. The highest BCUT2D eigenvalue weighted by molar-refractivity contribution is 7.94. The molecule has 1 unspecified atom stereocenters. The first kappa shape index (κ1) is 72.7. The first-order valence-electron chi connectivity index (χ1n) is 34.0. The predicted molar refractivity (Wildman–Crippen MR) is 346 cm³/mol. The van der Waals surface area contributed by atoms with E-state index < -0.39 is 0 Å². The molecule has 0 aliphatic rings. The van der Waals surface area contributed by atoms with Gasteiger partial charge in [0.25, 0.3) is 0 Å². The highest BCUT2D eigenvalue weighted by Crippen LogP contribution is 2.85. The second kappa shape index (κ2) is 57.9. The van der Waals surface area contributed by atoms with E-state index in [1.807, 2.05) is 0 Å². The molecule has 0 radical (unpaired) electrons. The van der Waals surface area contributed by atoms with Crippen molar-refractivity contribution in [1.29, 1.82) is 0 Å². The fourth-order valence-corrected chi connectivity index (χ4v) is 34.1. The molecule has 0 aromatic carbocycles. The second-order valence-corrected chi connectivity index (χ2v) is 35.4. The van der Waals surface area contributed by atoms with E-state index in [0.29, 0.717) is 4.64 Å². The minimum atomic E-state index is -0.00812. The lowest BCUT2D eigenvalue weighted by atomic mass is 10.1. The third-order valence-corrected chi connectivity index (χ3v) is 34.8. The largest absolute Gasteiger partial charge is 0.102 e. The monoisotopic (exact) mass is 1070 g/mol. The standard InChI is InChI=1S/C67H140P4/c1-10-18-26-34-42-50-58-68(59-51-43-35-27-19-11-2)66(9)67(69(60-52-44-36-28-20-12-3)61-53-45-37-29-21-13-4,70(62-54-46-38-30-22-14-5)63-55-47-39-31-23-15-6)71(64-56-48-40-32-24-16-7)65-57-49-41-33-25-17-8/h66H,10-65H2,1-9H3. The normalized spacial score (nSPS) is 12.8. The molecular weight excluding hydrogens is 929 g/mol. The van der Waals surface area contributed by atoms with Gasteiger partial charge in [-0.15, -0.1) is 7.92 Å². The molecule has 71 heavy (non-hydrogen) atoms. The molecule has 0 aliphatic heterocycles. The maximum atomic E-state index is 3.12. The summed E-state index contributed by atoms with van der Waals surface area (Å²) >= 11 is 0. The van der Waals surface area contributed by atoms with E-state index in [2.05, 4.69) is 62.3 Å². The Bertz CT molecular complexity index is 833. The summed E-state index contributed by atoms with van der Waals surface area (Å²) < 4.78 is 0.711. The van der Waals surface area contributed by atoms with Gasteiger partial charge in [0, 0.05) is 4.64 Å². The van der Waals surface area contributed by atoms with Crippen molar-refractivity contribution in [2.45, 2.75) is 381 Å². The van der Waals surface area contributed by atoms with E-state index in [1.165, 1.54) is 257 Å². The van der Waals surface area contributed by atoms with Crippen molar-refractivity contribution in [1.82, 2.24) is 0 Å². The van der Waals surface area contributed by atoms with Crippen LogP contribution in [0.25, 0.3) is 0 Å². The van der Waals surface area contributed by atoms with Crippen molar-refractivity contribution < 1.29 is 0 Å². The zero-order valence-electron chi connectivity index (χ0n) is 51.5. The lowest BCUT2D eigenvalue weighted by Gasteiger charge is -2.58. The molecule has 0 fully saturated rings. The van der Waals surface area contributed by atoms with Crippen molar-refractivity contribution >= 4 is 31.7 Å². The Morgan fingerprint density at radius 3 is 0.507 bits per heavy atom. The fourth-order valence-electron chi connectivity index (χ4n) is 12.1. The van der Waals surface area contributed by atoms with Gasteiger partial charge in [-0.2, -0.15) is 0 Å². The minimum Gasteiger partial charge on any atom is -0.102 e. The molecule has 0 N–H and O–H groups in total. The molecule has 0 saturated heterocycles. The first-order chi connectivity index (χ1) is 35.0. The molecule has 1 atom stereocenters. The van der Waals surface area contributed by atoms with E-state index >= 15 is 0 Å². The van der Waals surface area contributed by atoms with Crippen LogP contribution in [0.3, 0.4) is 0 Å². The lowest BCUT2D eigenvalue weighted by molar-refractivity contribution is 0.616. The Kier molecular flexibility index (Phi) is 59.3. The molecule has 0 nitrogen and oxygen atoms in total. The Labute approximate surface area is 459 Å². The Morgan fingerprint density at radius 1 is 0.197 bits per heavy atom. The number of rotatable bonds is 61. The Hall–Kier alpha value is 1.72. The number of hydrogen-bond acceptors (Lipinski definition) is 0. The number of hydrogen-bond donors (Lipinski definition) is 0. The fraction of sp³-hybridized carbons (Fsp3) is 1.00. The summed E-state index contributed by atoms with van der Waals surface area (Å²) in [6, 6.07) is 0. The van der Waals surface area contributed by atoms with Crippen LogP contribution in [0.5, 0.6) is 0 Å². The second-order valence-electron chi connectivity index (χ2n) is 23.5. The topological polar surface area (TPSA) is 0 Å². The van der Waals surface area contributed by atoms with Gasteiger partial charge in [-0.25, -0.2) is 0 Å². The van der Waals surface area contributed by atoms with Gasteiger partial charge in [-0.3, -0.25) is 0 Å². The first-order valence-corrected chi connectivity index (χ1v) is 40.9. The molecule has 0 bridgehead atoms. The van der Waals surface area contributed by atoms with Gasteiger partial charge in [-0.05, 0) is 106 Å². The molecule has 0 heterocycles. The zero-order valence-corrected chi connectivity index (χ0v) is 55.0. The molecule has 0 saturated carbocycles. The average molecular weight is 1070 g/mol. The van der Waals surface area contributed by atoms with Crippen molar-refractivity contribution in [3.63, 3.8) is 0 Å². The van der Waals surface area contributed by atoms with Crippen LogP contribution < -0.4 is 0 Å². The third kappa shape index (κ3) is 39.7. The van der Waals surface area contributed by atoms with Gasteiger partial charge in [0.15, 0.2) is 0 Å². The highest BCUT2D eigenvalue weighted by Gasteiger charge is 2.53. The van der Waals surface area contributed by atoms with Crippen LogP contribution in [0, 0.1) is 0 Å². The van der Waals surface area contributed by atoms with Crippen molar-refractivity contribution in [2.24, 2.45) is 0 Å². The van der Waals surface area contributed by atoms with Crippen LogP contribution in [-0.4, -0.2) is 59.6 Å². The van der Waals surface area contributed by atoms with E-state index in [1.54, 1.807) is 101 Å². The summed E-state index contributed by atoms with van der Waals surface area (Å²) in [5.74, 6) is 0. The molecule has 0 spiro atoms. The van der Waals surface area contributed by atoms with Gasteiger partial charge in [0.1, 0.15) is 0 Å². The molecule has 0 aromatic rings. The summed E-state index contributed by atoms with van der Waals surface area (Å²) in [6.07, 6.45) is 84.6. The van der Waals surface area contributed by atoms with E-state index in [9.17, 15) is 0 Å². The van der Waals surface area contributed by atoms with E-state index in [4.69, 9.17) is 0 Å². The van der Waals surface area contributed by atoms with Gasteiger partial charge >= 0.3 is 0 Å². The smallest absolute Gasteiger partial charge is 0.0364 e. The van der Waals surface area contributed by atoms with Crippen molar-refractivity contribution in [2.75, 3.05) is 49.3 Å². The maximum Gasteiger partial charge on any atom is 0.0364 e. The highest BCUT2D eigenvalue weighted by atomic mass is 31.2. The molecule has 0 amide bonds. The summed E-state index contributed by atoms with van der Waals surface area (Å²) in [6.45, 7) is 22.5. The summed E-state index contributed by atoms with van der Waals surface area (Å²) in [7, 11) is 0.00821. The van der Waals surface area contributed by atoms with Gasteiger partial charge in [0.2, 0.25) is 0 Å². The van der Waals surface area contributed by atoms with Gasteiger partial charge in [0.05, 0.1) is 0 Å². The SMILES string of the molecule is CCCCCCCCP(CCCCCCCC)C(C)C(P(CCCCCCCC)CCCCCCCC)(P(CCCCCCCC)CCCCCCCC)P(CCCCCCCC)CCCCCCCC. The van der Waals surface area contributed by atoms with Crippen molar-refractivity contribution in [3.8, 4) is 0 Å². The van der Waals surface area contributed by atoms with Crippen LogP contribution >= 0.6 is 31.7 Å². The third-order valence-electron chi connectivity index (χ3n) is 16.8. The summed E-state index contributed by atoms with van der Waals surface area (Å²) in [5.41, 5.74) is 1.01. The van der Waals surface area contributed by atoms with Gasteiger partial charge in [-0.1, -0.05) is 343 Å². The Morgan fingerprint density at radius 2 is 0.338 bits per heavy atom. The molecule has 0 rings (SSSR count). The number of unbranched alkanes of at least 4 members (excludes halogenated alkanes) is 40. The maximum absolute atomic E-state index is 3.12. The van der Waals surface area contributed by atoms with Crippen LogP contribution in [0.4, 0.5) is 0 Å². The summed E-state index contributed by atoms with van der Waals surface area (Å²) in [4.78, 5) is 0. The zero-order chi connectivity index (χ0) is 52.0. The molecule has 0 aliphatic carbocycles. The average Bonchev–Trinajstić information content (AvgIpc) is 3.38. The molecule has 0 aromatic heterocycles. The lowest BCUT2D eigenvalue weighted by Crippen LogP contribution is -2.40. The van der Waals surface area contributed by atoms with Crippen LogP contribution in [-0.2, 0) is 0 Å². The van der Waals surface area contributed by atoms with Crippen LogP contribution in [0.15, 0.2) is 0 Å². The van der Waals surface area contributed by atoms with Gasteiger partial charge < -0.3 is 0 Å². The van der Waals surface area contributed by atoms with E-state index in [-0.39, 0.29) is 31.7 Å². The Balaban J connectivity index is 8.19. The molecule has 428 valence electrons. The molecule has 4 heteroatoms. The van der Waals surface area contributed by atoms with Crippen LogP contribution in [0.1, 0.15) is 371 Å². The molecular formula is C67H140P4. The van der Waals surface area contributed by atoms with Crippen LogP contribution in [0.2, 0.25) is 0 Å². The minimum absolute atomic E-state index is 0.00812. The van der Waals surface area contributed by atoms with E-state index in [0.717, 1.165) is 5.66 Å². The van der Waals surface area contributed by atoms with Crippen molar-refractivity contribution in [3.05, 3.63) is 0 Å². The predicted octanol–water partition coefficient (Wildman–Crippen LogP) is 26.8. The quantitative estimate of drug-likeness (QED) is 0.0421.